The molecule has 0 fully saturated rings. The van der Waals surface area contributed by atoms with Crippen molar-refractivity contribution in [2.75, 3.05) is 45.1 Å². The zero-order chi connectivity index (χ0) is 19.2. The molecule has 27 heavy (non-hydrogen) atoms. The third-order valence-corrected chi connectivity index (χ3v) is 4.12. The number of rotatable bonds is 9. The van der Waals surface area contributed by atoms with Crippen molar-refractivity contribution in [2.24, 2.45) is 7.05 Å². The SMILES string of the molecule is COCCNc1nc(NCc2cc(OC)ccc2OC)c2cnn(C)c2n1. The number of benzene rings is 1. The van der Waals surface area contributed by atoms with E-state index < -0.39 is 0 Å². The summed E-state index contributed by atoms with van der Waals surface area (Å²) in [5.74, 6) is 2.75. The first-order chi connectivity index (χ1) is 13.2. The number of hydrogen-bond donors (Lipinski definition) is 2. The van der Waals surface area contributed by atoms with Crippen LogP contribution in [0.1, 0.15) is 5.56 Å². The summed E-state index contributed by atoms with van der Waals surface area (Å²) in [5, 5.41) is 11.7. The third kappa shape index (κ3) is 4.20. The largest absolute Gasteiger partial charge is 0.497 e. The van der Waals surface area contributed by atoms with E-state index in [1.807, 2.05) is 25.2 Å². The minimum absolute atomic E-state index is 0.513. The Morgan fingerprint density at radius 3 is 2.67 bits per heavy atom. The summed E-state index contributed by atoms with van der Waals surface area (Å²) in [6.07, 6.45) is 1.75. The van der Waals surface area contributed by atoms with E-state index in [0.717, 1.165) is 28.1 Å². The summed E-state index contributed by atoms with van der Waals surface area (Å²) >= 11 is 0. The van der Waals surface area contributed by atoms with Crippen LogP contribution >= 0.6 is 0 Å². The number of methoxy groups -OCH3 is 3. The van der Waals surface area contributed by atoms with Gasteiger partial charge in [0.25, 0.3) is 0 Å². The predicted molar refractivity (Wildman–Crippen MR) is 104 cm³/mol. The Labute approximate surface area is 157 Å². The lowest BCUT2D eigenvalue weighted by atomic mass is 10.2. The summed E-state index contributed by atoms with van der Waals surface area (Å²) in [6, 6.07) is 5.68. The van der Waals surface area contributed by atoms with Crippen molar-refractivity contribution in [1.29, 1.82) is 0 Å². The molecule has 2 aromatic heterocycles. The molecule has 0 saturated heterocycles. The van der Waals surface area contributed by atoms with Crippen LogP contribution in [0.25, 0.3) is 11.0 Å². The maximum Gasteiger partial charge on any atom is 0.226 e. The van der Waals surface area contributed by atoms with Gasteiger partial charge in [0.05, 0.1) is 32.4 Å². The topological polar surface area (TPSA) is 95.4 Å². The number of hydrogen-bond acceptors (Lipinski definition) is 8. The van der Waals surface area contributed by atoms with Gasteiger partial charge in [-0.1, -0.05) is 0 Å². The van der Waals surface area contributed by atoms with Crippen LogP contribution in [-0.2, 0) is 18.3 Å². The van der Waals surface area contributed by atoms with Crippen molar-refractivity contribution in [3.05, 3.63) is 30.0 Å². The van der Waals surface area contributed by atoms with Crippen LogP contribution in [0.2, 0.25) is 0 Å². The van der Waals surface area contributed by atoms with Gasteiger partial charge in [0.1, 0.15) is 17.3 Å². The maximum atomic E-state index is 5.44. The minimum atomic E-state index is 0.513. The fourth-order valence-corrected chi connectivity index (χ4v) is 2.70. The van der Waals surface area contributed by atoms with Crippen molar-refractivity contribution < 1.29 is 14.2 Å². The van der Waals surface area contributed by atoms with Crippen molar-refractivity contribution in [1.82, 2.24) is 19.7 Å². The van der Waals surface area contributed by atoms with Gasteiger partial charge >= 0.3 is 0 Å². The monoisotopic (exact) mass is 372 g/mol. The van der Waals surface area contributed by atoms with Crippen molar-refractivity contribution in [3.8, 4) is 11.5 Å². The van der Waals surface area contributed by atoms with Crippen LogP contribution in [0.5, 0.6) is 11.5 Å². The fraction of sp³-hybridized carbons (Fsp3) is 0.389. The predicted octanol–water partition coefficient (Wildman–Crippen LogP) is 2.05. The Kier molecular flexibility index (Phi) is 5.92. The first kappa shape index (κ1) is 18.7. The summed E-state index contributed by atoms with van der Waals surface area (Å²) in [5.41, 5.74) is 1.70. The second-order valence-electron chi connectivity index (χ2n) is 5.85. The Balaban J connectivity index is 1.87. The van der Waals surface area contributed by atoms with E-state index in [4.69, 9.17) is 14.2 Å². The lowest BCUT2D eigenvalue weighted by Crippen LogP contribution is -2.12. The van der Waals surface area contributed by atoms with Crippen LogP contribution in [0.3, 0.4) is 0 Å². The molecule has 0 bridgehead atoms. The Bertz CT molecular complexity index is 911. The highest BCUT2D eigenvalue weighted by molar-refractivity contribution is 5.87. The highest BCUT2D eigenvalue weighted by atomic mass is 16.5. The Morgan fingerprint density at radius 2 is 1.93 bits per heavy atom. The fourth-order valence-electron chi connectivity index (χ4n) is 2.70. The summed E-state index contributed by atoms with van der Waals surface area (Å²) in [4.78, 5) is 9.11. The van der Waals surface area contributed by atoms with Gasteiger partial charge in [-0.2, -0.15) is 15.1 Å². The lowest BCUT2D eigenvalue weighted by molar-refractivity contribution is 0.210. The van der Waals surface area contributed by atoms with Crippen LogP contribution < -0.4 is 20.1 Å². The highest BCUT2D eigenvalue weighted by Gasteiger charge is 2.13. The van der Waals surface area contributed by atoms with E-state index in [9.17, 15) is 0 Å². The molecule has 0 unspecified atom stereocenters. The standard InChI is InChI=1S/C18H24N6O3/c1-24-17-14(11-21-24)16(22-18(23-17)19-7-8-25-2)20-10-12-9-13(26-3)5-6-15(12)27-4/h5-6,9,11H,7-8,10H2,1-4H3,(H2,19,20,22,23). The van der Waals surface area contributed by atoms with Crippen molar-refractivity contribution >= 4 is 22.8 Å². The molecular formula is C18H24N6O3. The van der Waals surface area contributed by atoms with Crippen molar-refractivity contribution in [2.45, 2.75) is 6.54 Å². The minimum Gasteiger partial charge on any atom is -0.497 e. The van der Waals surface area contributed by atoms with Crippen LogP contribution in [0.15, 0.2) is 24.4 Å². The molecule has 3 rings (SSSR count). The first-order valence-corrected chi connectivity index (χ1v) is 8.53. The average molecular weight is 372 g/mol. The van der Waals surface area contributed by atoms with E-state index in [-0.39, 0.29) is 0 Å². The van der Waals surface area contributed by atoms with Crippen LogP contribution in [0.4, 0.5) is 11.8 Å². The smallest absolute Gasteiger partial charge is 0.226 e. The van der Waals surface area contributed by atoms with Gasteiger partial charge in [0, 0.05) is 32.8 Å². The number of fused-ring (bicyclic) bond motifs is 1. The first-order valence-electron chi connectivity index (χ1n) is 8.53. The van der Waals surface area contributed by atoms with E-state index in [1.165, 1.54) is 0 Å². The molecule has 3 aromatic rings. The zero-order valence-electron chi connectivity index (χ0n) is 15.9. The van der Waals surface area contributed by atoms with Gasteiger partial charge in [0.2, 0.25) is 5.95 Å². The van der Waals surface area contributed by atoms with E-state index in [1.54, 1.807) is 32.2 Å². The van der Waals surface area contributed by atoms with Gasteiger partial charge in [-0.25, -0.2) is 0 Å². The molecule has 0 saturated carbocycles. The zero-order valence-corrected chi connectivity index (χ0v) is 15.9. The molecule has 0 atom stereocenters. The molecule has 0 radical (unpaired) electrons. The lowest BCUT2D eigenvalue weighted by Gasteiger charge is -2.13. The second kappa shape index (κ2) is 8.54. The molecular weight excluding hydrogens is 348 g/mol. The molecule has 144 valence electrons. The molecule has 0 aliphatic carbocycles. The molecule has 0 spiro atoms. The van der Waals surface area contributed by atoms with Gasteiger partial charge in [-0.3, -0.25) is 4.68 Å². The number of ether oxygens (including phenoxy) is 3. The van der Waals surface area contributed by atoms with Crippen LogP contribution in [0, 0.1) is 0 Å². The molecule has 9 nitrogen and oxygen atoms in total. The summed E-state index contributed by atoms with van der Waals surface area (Å²) in [7, 11) is 6.79. The number of nitrogens with one attached hydrogen (secondary N) is 2. The molecule has 1 aromatic carbocycles. The van der Waals surface area contributed by atoms with E-state index >= 15 is 0 Å². The summed E-state index contributed by atoms with van der Waals surface area (Å²) in [6.45, 7) is 1.69. The van der Waals surface area contributed by atoms with E-state index in [0.29, 0.717) is 31.5 Å². The van der Waals surface area contributed by atoms with Gasteiger partial charge in [0.15, 0.2) is 5.65 Å². The quantitative estimate of drug-likeness (QED) is 0.551. The third-order valence-electron chi connectivity index (χ3n) is 4.12. The summed E-state index contributed by atoms with van der Waals surface area (Å²) < 4.78 is 17.5. The molecule has 9 heteroatoms. The molecule has 0 aliphatic rings. The van der Waals surface area contributed by atoms with E-state index in [2.05, 4.69) is 25.7 Å². The van der Waals surface area contributed by atoms with Crippen molar-refractivity contribution in [3.63, 3.8) is 0 Å². The van der Waals surface area contributed by atoms with Gasteiger partial charge in [-0.15, -0.1) is 0 Å². The number of aryl methyl sites for hydroxylation is 1. The normalized spacial score (nSPS) is 10.8. The average Bonchev–Trinajstić information content (AvgIpc) is 3.07. The number of aromatic nitrogens is 4. The Hall–Kier alpha value is -3.07. The number of nitrogens with zero attached hydrogens (tertiary/aromatic N) is 4. The highest BCUT2D eigenvalue weighted by Crippen LogP contribution is 2.26. The maximum absolute atomic E-state index is 5.44. The van der Waals surface area contributed by atoms with Gasteiger partial charge < -0.3 is 24.8 Å². The number of anilines is 2. The molecule has 2 heterocycles. The van der Waals surface area contributed by atoms with Gasteiger partial charge in [-0.05, 0) is 18.2 Å². The molecule has 2 N–H and O–H groups in total. The second-order valence-corrected chi connectivity index (χ2v) is 5.85. The molecule has 0 aliphatic heterocycles. The van der Waals surface area contributed by atoms with Crippen LogP contribution in [-0.4, -0.2) is 54.2 Å². The Morgan fingerprint density at radius 1 is 1.07 bits per heavy atom. The molecule has 0 amide bonds.